The van der Waals surface area contributed by atoms with Crippen LogP contribution in [0.25, 0.3) is 0 Å². The van der Waals surface area contributed by atoms with E-state index in [2.05, 4.69) is 10.2 Å². The van der Waals surface area contributed by atoms with E-state index in [1.54, 1.807) is 12.1 Å². The smallest absolute Gasteiger partial charge is 0.258 e. The first-order valence-electron chi connectivity index (χ1n) is 11.4. The second kappa shape index (κ2) is 10.6. The quantitative estimate of drug-likeness (QED) is 0.661. The number of hydrogen-bond donors (Lipinski definition) is 1. The number of hydrogen-bond acceptors (Lipinski definition) is 6. The number of carbonyl (C=O) groups excluding carboxylic acids is 2. The molecule has 0 aliphatic carbocycles. The van der Waals surface area contributed by atoms with Crippen LogP contribution in [0.4, 0.5) is 0 Å². The molecule has 2 amide bonds. The summed E-state index contributed by atoms with van der Waals surface area (Å²) in [6.45, 7) is 7.63. The summed E-state index contributed by atoms with van der Waals surface area (Å²) in [6, 6.07) is 14.6. The first-order chi connectivity index (χ1) is 16.0. The van der Waals surface area contributed by atoms with E-state index in [-0.39, 0.29) is 31.1 Å². The van der Waals surface area contributed by atoms with Gasteiger partial charge in [0.25, 0.3) is 5.91 Å². The Hall–Kier alpha value is -3.26. The third kappa shape index (κ3) is 5.96. The summed E-state index contributed by atoms with van der Waals surface area (Å²) in [4.78, 5) is 29.7. The molecule has 0 saturated carbocycles. The molecule has 0 bridgehead atoms. The van der Waals surface area contributed by atoms with Gasteiger partial charge in [-0.3, -0.25) is 14.5 Å². The van der Waals surface area contributed by atoms with Gasteiger partial charge in [0.15, 0.2) is 18.1 Å². The Bertz CT molecular complexity index is 958. The Morgan fingerprint density at radius 2 is 1.73 bits per heavy atom. The minimum absolute atomic E-state index is 0.0233. The first kappa shape index (κ1) is 22.9. The fraction of sp³-hybridized carbons (Fsp3) is 0.440. The van der Waals surface area contributed by atoms with Crippen molar-refractivity contribution in [3.05, 3.63) is 54.1 Å². The van der Waals surface area contributed by atoms with Gasteiger partial charge in [0.05, 0.1) is 0 Å². The van der Waals surface area contributed by atoms with Crippen LogP contribution < -0.4 is 19.5 Å². The van der Waals surface area contributed by atoms with Crippen molar-refractivity contribution in [1.29, 1.82) is 0 Å². The summed E-state index contributed by atoms with van der Waals surface area (Å²) in [7, 11) is 0. The lowest BCUT2D eigenvalue weighted by Crippen LogP contribution is -2.56. The van der Waals surface area contributed by atoms with Crippen LogP contribution in [-0.4, -0.2) is 67.2 Å². The number of para-hydroxylation sites is 1. The summed E-state index contributed by atoms with van der Waals surface area (Å²) >= 11 is 0. The molecule has 2 aliphatic heterocycles. The molecule has 2 aromatic rings. The predicted molar refractivity (Wildman–Crippen MR) is 123 cm³/mol. The monoisotopic (exact) mass is 453 g/mol. The van der Waals surface area contributed by atoms with Crippen molar-refractivity contribution in [3.63, 3.8) is 0 Å². The Morgan fingerprint density at radius 3 is 2.45 bits per heavy atom. The third-order valence-electron chi connectivity index (χ3n) is 5.89. The molecule has 2 aromatic carbocycles. The molecule has 1 fully saturated rings. The normalized spacial score (nSPS) is 16.5. The van der Waals surface area contributed by atoms with E-state index >= 15 is 0 Å². The van der Waals surface area contributed by atoms with E-state index in [0.29, 0.717) is 18.8 Å². The minimum Gasteiger partial charge on any atom is -0.484 e. The molecule has 2 aliphatic rings. The Morgan fingerprint density at radius 1 is 1.00 bits per heavy atom. The zero-order valence-electron chi connectivity index (χ0n) is 19.2. The van der Waals surface area contributed by atoms with Gasteiger partial charge in [-0.05, 0) is 35.7 Å². The van der Waals surface area contributed by atoms with Gasteiger partial charge in [0, 0.05) is 32.7 Å². The summed E-state index contributed by atoms with van der Waals surface area (Å²) in [5.74, 6) is 1.83. The maximum Gasteiger partial charge on any atom is 0.258 e. The summed E-state index contributed by atoms with van der Waals surface area (Å²) in [5.41, 5.74) is 1.16. The van der Waals surface area contributed by atoms with Gasteiger partial charge in [0.2, 0.25) is 12.7 Å². The van der Waals surface area contributed by atoms with Crippen LogP contribution in [0.3, 0.4) is 0 Å². The minimum atomic E-state index is -0.572. The van der Waals surface area contributed by atoms with Gasteiger partial charge in [-0.2, -0.15) is 0 Å². The van der Waals surface area contributed by atoms with Gasteiger partial charge < -0.3 is 24.4 Å². The Balaban J connectivity index is 1.26. The number of rotatable bonds is 8. The van der Waals surface area contributed by atoms with E-state index < -0.39 is 6.04 Å². The second-order valence-corrected chi connectivity index (χ2v) is 8.68. The molecule has 8 heteroatoms. The lowest BCUT2D eigenvalue weighted by molar-refractivity contribution is -0.139. The SMILES string of the molecule is CC(C)C(NC(=O)COc1ccccc1)C(=O)N1CCN(Cc2ccc3c(c2)OCO3)CC1. The molecule has 33 heavy (non-hydrogen) atoms. The van der Waals surface area contributed by atoms with Crippen molar-refractivity contribution in [2.45, 2.75) is 26.4 Å². The fourth-order valence-corrected chi connectivity index (χ4v) is 4.01. The average Bonchev–Trinajstić information content (AvgIpc) is 3.30. The van der Waals surface area contributed by atoms with Crippen molar-refractivity contribution < 1.29 is 23.8 Å². The van der Waals surface area contributed by atoms with E-state index in [4.69, 9.17) is 14.2 Å². The van der Waals surface area contributed by atoms with Crippen LogP contribution in [-0.2, 0) is 16.1 Å². The standard InChI is InChI=1S/C25H31N3O5/c1-18(2)24(26-23(29)16-31-20-6-4-3-5-7-20)25(30)28-12-10-27(11-13-28)15-19-8-9-21-22(14-19)33-17-32-21/h3-9,14,18,24H,10-13,15-17H2,1-2H3,(H,26,29). The molecule has 0 spiro atoms. The van der Waals surface area contributed by atoms with Crippen LogP contribution in [0.1, 0.15) is 19.4 Å². The van der Waals surface area contributed by atoms with Gasteiger partial charge in [-0.1, -0.05) is 38.1 Å². The molecule has 0 aromatic heterocycles. The van der Waals surface area contributed by atoms with Crippen LogP contribution in [0, 0.1) is 5.92 Å². The predicted octanol–water partition coefficient (Wildman–Crippen LogP) is 2.28. The largest absolute Gasteiger partial charge is 0.484 e. The summed E-state index contributed by atoms with van der Waals surface area (Å²) < 4.78 is 16.3. The van der Waals surface area contributed by atoms with Crippen molar-refractivity contribution in [2.24, 2.45) is 5.92 Å². The van der Waals surface area contributed by atoms with Crippen LogP contribution >= 0.6 is 0 Å². The lowest BCUT2D eigenvalue weighted by atomic mass is 10.0. The van der Waals surface area contributed by atoms with Crippen LogP contribution in [0.5, 0.6) is 17.2 Å². The van der Waals surface area contributed by atoms with Crippen molar-refractivity contribution in [3.8, 4) is 17.2 Å². The highest BCUT2D eigenvalue weighted by atomic mass is 16.7. The molecule has 176 valence electrons. The maximum atomic E-state index is 13.2. The Kier molecular flexibility index (Phi) is 7.34. The van der Waals surface area contributed by atoms with Crippen molar-refractivity contribution in [1.82, 2.24) is 15.1 Å². The van der Waals surface area contributed by atoms with Gasteiger partial charge in [-0.25, -0.2) is 0 Å². The summed E-state index contributed by atoms with van der Waals surface area (Å²) in [5, 5.41) is 2.86. The highest BCUT2D eigenvalue weighted by Gasteiger charge is 2.31. The van der Waals surface area contributed by atoms with Crippen molar-refractivity contribution >= 4 is 11.8 Å². The van der Waals surface area contributed by atoms with E-state index in [1.165, 1.54) is 0 Å². The maximum absolute atomic E-state index is 13.2. The van der Waals surface area contributed by atoms with Crippen LogP contribution in [0.15, 0.2) is 48.5 Å². The van der Waals surface area contributed by atoms with Gasteiger partial charge in [-0.15, -0.1) is 0 Å². The number of piperazine rings is 1. The number of ether oxygens (including phenoxy) is 3. The third-order valence-corrected chi connectivity index (χ3v) is 5.89. The van der Waals surface area contributed by atoms with E-state index in [1.807, 2.05) is 55.1 Å². The Labute approximate surface area is 194 Å². The van der Waals surface area contributed by atoms with Gasteiger partial charge in [0.1, 0.15) is 11.8 Å². The summed E-state index contributed by atoms with van der Waals surface area (Å²) in [6.07, 6.45) is 0. The van der Waals surface area contributed by atoms with Crippen LogP contribution in [0.2, 0.25) is 0 Å². The number of fused-ring (bicyclic) bond motifs is 1. The topological polar surface area (TPSA) is 80.3 Å². The second-order valence-electron chi connectivity index (χ2n) is 8.68. The molecule has 1 saturated heterocycles. The number of carbonyl (C=O) groups is 2. The highest BCUT2D eigenvalue weighted by molar-refractivity contribution is 5.88. The number of amides is 2. The van der Waals surface area contributed by atoms with Gasteiger partial charge >= 0.3 is 0 Å². The first-order valence-corrected chi connectivity index (χ1v) is 11.4. The zero-order chi connectivity index (χ0) is 23.2. The zero-order valence-corrected chi connectivity index (χ0v) is 19.2. The number of nitrogens with zero attached hydrogens (tertiary/aromatic N) is 2. The van der Waals surface area contributed by atoms with E-state index in [9.17, 15) is 9.59 Å². The number of nitrogens with one attached hydrogen (secondary N) is 1. The highest BCUT2D eigenvalue weighted by Crippen LogP contribution is 2.32. The molecule has 1 N–H and O–H groups in total. The lowest BCUT2D eigenvalue weighted by Gasteiger charge is -2.37. The molecule has 4 rings (SSSR count). The van der Waals surface area contributed by atoms with Crippen molar-refractivity contribution in [2.75, 3.05) is 39.6 Å². The molecular formula is C25H31N3O5. The van der Waals surface area contributed by atoms with E-state index in [0.717, 1.165) is 36.7 Å². The molecule has 2 heterocycles. The average molecular weight is 454 g/mol. The molecule has 8 nitrogen and oxygen atoms in total. The number of benzene rings is 2. The molecular weight excluding hydrogens is 422 g/mol. The molecule has 0 radical (unpaired) electrons. The fourth-order valence-electron chi connectivity index (χ4n) is 4.01. The molecule has 1 unspecified atom stereocenters. The molecule has 1 atom stereocenters.